The highest BCUT2D eigenvalue weighted by molar-refractivity contribution is 6.35. The number of benzene rings is 1. The zero-order chi connectivity index (χ0) is 11.8. The molecular weight excluding hydrogens is 238 g/mol. The molecule has 2 aromatic rings. The molecule has 0 aliphatic carbocycles. The summed E-state index contributed by atoms with van der Waals surface area (Å²) in [6.07, 6.45) is 0.0113. The van der Waals surface area contributed by atoms with E-state index in [0.29, 0.717) is 0 Å². The molecule has 17 heavy (non-hydrogen) atoms. The molecule has 1 aliphatic heterocycles. The Kier molecular flexibility index (Phi) is 2.78. The van der Waals surface area contributed by atoms with Crippen LogP contribution in [-0.2, 0) is 11.8 Å². The molecule has 1 atom stereocenters. The minimum Gasteiger partial charge on any atom is -0.368 e. The SMILES string of the molecule is Cn1c(C2CNCCO2)nc2cccc(Cl)c21. The number of aryl methyl sites for hydroxylation is 1. The van der Waals surface area contributed by atoms with E-state index in [1.165, 1.54) is 0 Å². The molecule has 1 N–H and O–H groups in total. The van der Waals surface area contributed by atoms with Gasteiger partial charge in [-0.25, -0.2) is 4.98 Å². The summed E-state index contributed by atoms with van der Waals surface area (Å²) in [5.74, 6) is 0.931. The number of imidazole rings is 1. The lowest BCUT2D eigenvalue weighted by Gasteiger charge is -2.23. The Morgan fingerprint density at radius 2 is 2.41 bits per heavy atom. The van der Waals surface area contributed by atoms with Crippen LogP contribution >= 0.6 is 11.6 Å². The molecule has 1 unspecified atom stereocenters. The van der Waals surface area contributed by atoms with Gasteiger partial charge in [-0.05, 0) is 12.1 Å². The van der Waals surface area contributed by atoms with Gasteiger partial charge >= 0.3 is 0 Å². The quantitative estimate of drug-likeness (QED) is 0.841. The highest BCUT2D eigenvalue weighted by Crippen LogP contribution is 2.27. The molecule has 1 saturated heterocycles. The predicted octanol–water partition coefficient (Wildman–Crippen LogP) is 1.89. The van der Waals surface area contributed by atoms with E-state index < -0.39 is 0 Å². The first-order valence-electron chi connectivity index (χ1n) is 5.70. The third-order valence-electron chi connectivity index (χ3n) is 3.10. The number of aromatic nitrogens is 2. The molecule has 4 nitrogen and oxygen atoms in total. The summed E-state index contributed by atoms with van der Waals surface area (Å²) in [5.41, 5.74) is 1.89. The first kappa shape index (κ1) is 11.0. The average Bonchev–Trinajstić information content (AvgIpc) is 2.69. The van der Waals surface area contributed by atoms with Gasteiger partial charge in [-0.15, -0.1) is 0 Å². The predicted molar refractivity (Wildman–Crippen MR) is 67.3 cm³/mol. The first-order chi connectivity index (χ1) is 8.27. The molecule has 5 heteroatoms. The van der Waals surface area contributed by atoms with Crippen LogP contribution in [0.3, 0.4) is 0 Å². The molecule has 0 amide bonds. The maximum Gasteiger partial charge on any atom is 0.140 e. The Bertz CT molecular complexity index is 546. The fraction of sp³-hybridized carbons (Fsp3) is 0.417. The molecule has 0 radical (unpaired) electrons. The second kappa shape index (κ2) is 4.29. The van der Waals surface area contributed by atoms with Crippen molar-refractivity contribution in [2.24, 2.45) is 7.05 Å². The summed E-state index contributed by atoms with van der Waals surface area (Å²) in [7, 11) is 1.98. The van der Waals surface area contributed by atoms with E-state index in [2.05, 4.69) is 10.3 Å². The largest absolute Gasteiger partial charge is 0.368 e. The number of para-hydroxylation sites is 1. The van der Waals surface area contributed by atoms with Gasteiger partial charge in [-0.2, -0.15) is 0 Å². The fourth-order valence-corrected chi connectivity index (χ4v) is 2.55. The van der Waals surface area contributed by atoms with E-state index in [1.54, 1.807) is 0 Å². The molecule has 2 heterocycles. The molecule has 1 aromatic heterocycles. The van der Waals surface area contributed by atoms with Crippen LogP contribution in [0.4, 0.5) is 0 Å². The van der Waals surface area contributed by atoms with Crippen LogP contribution in [0.2, 0.25) is 5.02 Å². The van der Waals surface area contributed by atoms with Crippen molar-refractivity contribution in [1.29, 1.82) is 0 Å². The lowest BCUT2D eigenvalue weighted by Crippen LogP contribution is -2.34. The molecule has 90 valence electrons. The van der Waals surface area contributed by atoms with Gasteiger partial charge in [0, 0.05) is 20.1 Å². The molecule has 1 aromatic carbocycles. The van der Waals surface area contributed by atoms with E-state index in [-0.39, 0.29) is 6.10 Å². The van der Waals surface area contributed by atoms with Crippen LogP contribution < -0.4 is 5.32 Å². The average molecular weight is 252 g/mol. The number of halogens is 1. The fourth-order valence-electron chi connectivity index (χ4n) is 2.26. The van der Waals surface area contributed by atoms with Gasteiger partial charge in [0.15, 0.2) is 0 Å². The van der Waals surface area contributed by atoms with Crippen molar-refractivity contribution in [2.75, 3.05) is 19.7 Å². The zero-order valence-corrected chi connectivity index (χ0v) is 10.4. The van der Waals surface area contributed by atoms with Gasteiger partial charge in [-0.1, -0.05) is 17.7 Å². The van der Waals surface area contributed by atoms with Crippen molar-refractivity contribution in [3.05, 3.63) is 29.0 Å². The second-order valence-corrected chi connectivity index (χ2v) is 4.61. The van der Waals surface area contributed by atoms with Gasteiger partial charge in [0.05, 0.1) is 22.7 Å². The first-order valence-corrected chi connectivity index (χ1v) is 6.08. The van der Waals surface area contributed by atoms with Crippen LogP contribution in [0.15, 0.2) is 18.2 Å². The van der Waals surface area contributed by atoms with Crippen LogP contribution in [-0.4, -0.2) is 29.2 Å². The number of ether oxygens (including phenoxy) is 1. The topological polar surface area (TPSA) is 39.1 Å². The van der Waals surface area contributed by atoms with Gasteiger partial charge < -0.3 is 14.6 Å². The molecule has 1 aliphatic rings. The minimum absolute atomic E-state index is 0.0113. The Hall–Kier alpha value is -1.10. The number of hydrogen-bond acceptors (Lipinski definition) is 3. The van der Waals surface area contributed by atoms with Gasteiger partial charge in [0.25, 0.3) is 0 Å². The van der Waals surface area contributed by atoms with E-state index in [0.717, 1.165) is 41.6 Å². The third kappa shape index (κ3) is 1.82. The van der Waals surface area contributed by atoms with E-state index in [9.17, 15) is 0 Å². The lowest BCUT2D eigenvalue weighted by molar-refractivity contribution is 0.0208. The van der Waals surface area contributed by atoms with E-state index in [1.807, 2.05) is 29.8 Å². The van der Waals surface area contributed by atoms with E-state index >= 15 is 0 Å². The highest BCUT2D eigenvalue weighted by Gasteiger charge is 2.22. The number of fused-ring (bicyclic) bond motifs is 1. The van der Waals surface area contributed by atoms with Crippen LogP contribution in [0.5, 0.6) is 0 Å². The van der Waals surface area contributed by atoms with Gasteiger partial charge in [0.1, 0.15) is 11.9 Å². The van der Waals surface area contributed by atoms with Crippen molar-refractivity contribution in [1.82, 2.24) is 14.9 Å². The smallest absolute Gasteiger partial charge is 0.140 e. The number of hydrogen-bond donors (Lipinski definition) is 1. The minimum atomic E-state index is 0.0113. The third-order valence-corrected chi connectivity index (χ3v) is 3.40. The second-order valence-electron chi connectivity index (χ2n) is 4.20. The summed E-state index contributed by atoms with van der Waals surface area (Å²) in [4.78, 5) is 4.61. The maximum atomic E-state index is 6.20. The number of morpholine rings is 1. The molecule has 3 rings (SSSR count). The summed E-state index contributed by atoms with van der Waals surface area (Å²) < 4.78 is 7.75. The van der Waals surface area contributed by atoms with Gasteiger partial charge in [-0.3, -0.25) is 0 Å². The molecular formula is C12H14ClN3O. The summed E-state index contributed by atoms with van der Waals surface area (Å²) in [6.45, 7) is 2.43. The standard InChI is InChI=1S/C12H14ClN3O/c1-16-11-8(13)3-2-4-9(11)15-12(16)10-7-14-5-6-17-10/h2-4,10,14H,5-7H2,1H3. The normalized spacial score (nSPS) is 20.9. The Morgan fingerprint density at radius 3 is 3.12 bits per heavy atom. The van der Waals surface area contributed by atoms with Crippen LogP contribution in [0.1, 0.15) is 11.9 Å². The van der Waals surface area contributed by atoms with Crippen molar-refractivity contribution < 1.29 is 4.74 Å². The van der Waals surface area contributed by atoms with Crippen molar-refractivity contribution in [3.8, 4) is 0 Å². The van der Waals surface area contributed by atoms with Crippen molar-refractivity contribution in [3.63, 3.8) is 0 Å². The highest BCUT2D eigenvalue weighted by atomic mass is 35.5. The van der Waals surface area contributed by atoms with E-state index in [4.69, 9.17) is 16.3 Å². The molecule has 0 bridgehead atoms. The van der Waals surface area contributed by atoms with Crippen molar-refractivity contribution >= 4 is 22.6 Å². The summed E-state index contributed by atoms with van der Waals surface area (Å²) in [5, 5.41) is 4.04. The Labute approximate surface area is 105 Å². The summed E-state index contributed by atoms with van der Waals surface area (Å²) in [6, 6.07) is 5.78. The lowest BCUT2D eigenvalue weighted by atomic mass is 10.3. The van der Waals surface area contributed by atoms with Gasteiger partial charge in [0.2, 0.25) is 0 Å². The Balaban J connectivity index is 2.10. The number of nitrogens with one attached hydrogen (secondary N) is 1. The van der Waals surface area contributed by atoms with Crippen molar-refractivity contribution in [2.45, 2.75) is 6.10 Å². The Morgan fingerprint density at radius 1 is 1.53 bits per heavy atom. The number of nitrogens with zero attached hydrogens (tertiary/aromatic N) is 2. The molecule has 1 fully saturated rings. The maximum absolute atomic E-state index is 6.20. The summed E-state index contributed by atoms with van der Waals surface area (Å²) >= 11 is 6.20. The monoisotopic (exact) mass is 251 g/mol. The van der Waals surface area contributed by atoms with Crippen LogP contribution in [0.25, 0.3) is 11.0 Å². The molecule has 0 spiro atoms. The number of rotatable bonds is 1. The molecule has 0 saturated carbocycles. The van der Waals surface area contributed by atoms with Crippen LogP contribution in [0, 0.1) is 0 Å². The zero-order valence-electron chi connectivity index (χ0n) is 9.61.